The number of carbonyl (C=O) groups is 1. The van der Waals surface area contributed by atoms with E-state index in [0.717, 1.165) is 23.0 Å². The Morgan fingerprint density at radius 3 is 2.95 bits per heavy atom. The number of methoxy groups -OCH3 is 1. The molecule has 2 rings (SSSR count). The number of nitrogens with zero attached hydrogens (tertiary/aromatic N) is 2. The molecular formula is C15H19N3O3. The predicted molar refractivity (Wildman–Crippen MR) is 83.0 cm³/mol. The molecule has 0 fully saturated rings. The first-order valence-electron chi connectivity index (χ1n) is 6.66. The van der Waals surface area contributed by atoms with Crippen LogP contribution in [0.5, 0.6) is 0 Å². The van der Waals surface area contributed by atoms with Gasteiger partial charge in [-0.3, -0.25) is 4.79 Å². The second-order valence-electron chi connectivity index (χ2n) is 4.74. The van der Waals surface area contributed by atoms with Crippen molar-refractivity contribution in [3.63, 3.8) is 0 Å². The molecule has 112 valence electrons. The minimum atomic E-state index is -0.880. The summed E-state index contributed by atoms with van der Waals surface area (Å²) in [5.74, 6) is -0.215. The summed E-state index contributed by atoms with van der Waals surface area (Å²) in [6, 6.07) is 7.84. The lowest BCUT2D eigenvalue weighted by Crippen LogP contribution is -2.26. The maximum atomic E-state index is 10.8. The van der Waals surface area contributed by atoms with Gasteiger partial charge in [-0.05, 0) is 29.7 Å². The highest BCUT2D eigenvalue weighted by Gasteiger charge is 2.10. The first-order chi connectivity index (χ1) is 10.1. The van der Waals surface area contributed by atoms with Crippen LogP contribution in [0.3, 0.4) is 0 Å². The van der Waals surface area contributed by atoms with E-state index in [0.29, 0.717) is 12.4 Å². The minimum absolute atomic E-state index is 0.0834. The molecule has 1 aromatic heterocycles. The van der Waals surface area contributed by atoms with Crippen molar-refractivity contribution in [2.45, 2.75) is 0 Å². The van der Waals surface area contributed by atoms with Crippen LogP contribution in [-0.2, 0) is 9.53 Å². The number of carboxylic acids is 1. The van der Waals surface area contributed by atoms with E-state index in [1.165, 1.54) is 0 Å². The van der Waals surface area contributed by atoms with E-state index in [2.05, 4.69) is 10.3 Å². The molecule has 2 N–H and O–H groups in total. The summed E-state index contributed by atoms with van der Waals surface area (Å²) in [6.45, 7) is 1.29. The van der Waals surface area contributed by atoms with E-state index in [-0.39, 0.29) is 6.54 Å². The van der Waals surface area contributed by atoms with Crippen molar-refractivity contribution in [3.05, 3.63) is 30.5 Å². The Balaban J connectivity index is 2.27. The van der Waals surface area contributed by atoms with Crippen LogP contribution in [0.25, 0.3) is 10.8 Å². The number of hydrogen-bond acceptors (Lipinski definition) is 5. The summed E-state index contributed by atoms with van der Waals surface area (Å²) >= 11 is 0. The highest BCUT2D eigenvalue weighted by molar-refractivity contribution is 5.94. The van der Waals surface area contributed by atoms with E-state index in [4.69, 9.17) is 9.84 Å². The second kappa shape index (κ2) is 6.90. The normalized spacial score (nSPS) is 10.6. The van der Waals surface area contributed by atoms with Crippen LogP contribution in [0, 0.1) is 0 Å². The molecule has 0 amide bonds. The predicted octanol–water partition coefficient (Wildman–Crippen LogP) is 1.81. The number of benzene rings is 1. The van der Waals surface area contributed by atoms with E-state index >= 15 is 0 Å². The molecule has 0 bridgehead atoms. The average molecular weight is 289 g/mol. The quantitative estimate of drug-likeness (QED) is 0.757. The average Bonchev–Trinajstić information content (AvgIpc) is 2.46. The van der Waals surface area contributed by atoms with Crippen molar-refractivity contribution >= 4 is 28.2 Å². The van der Waals surface area contributed by atoms with Crippen molar-refractivity contribution in [2.75, 3.05) is 44.1 Å². The lowest BCUT2D eigenvalue weighted by molar-refractivity contribution is -0.135. The van der Waals surface area contributed by atoms with Crippen LogP contribution in [0.15, 0.2) is 30.5 Å². The summed E-state index contributed by atoms with van der Waals surface area (Å²) in [7, 11) is 3.39. The van der Waals surface area contributed by atoms with Gasteiger partial charge >= 0.3 is 5.97 Å². The molecule has 0 aliphatic carbocycles. The molecule has 0 saturated carbocycles. The lowest BCUT2D eigenvalue weighted by atomic mass is 10.1. The number of aliphatic carboxylic acids is 1. The van der Waals surface area contributed by atoms with E-state index < -0.39 is 5.97 Å². The zero-order chi connectivity index (χ0) is 15.2. The van der Waals surface area contributed by atoms with Crippen molar-refractivity contribution in [1.29, 1.82) is 0 Å². The number of fused-ring (bicyclic) bond motifs is 1. The first kappa shape index (κ1) is 15.1. The van der Waals surface area contributed by atoms with Gasteiger partial charge in [0.1, 0.15) is 12.4 Å². The number of hydrogen-bond donors (Lipinski definition) is 2. The number of rotatable bonds is 7. The second-order valence-corrected chi connectivity index (χ2v) is 4.74. The zero-order valence-electron chi connectivity index (χ0n) is 12.2. The molecule has 0 aliphatic heterocycles. The van der Waals surface area contributed by atoms with Crippen LogP contribution in [0.1, 0.15) is 0 Å². The third-order valence-electron chi connectivity index (χ3n) is 3.11. The number of pyridine rings is 1. The molecule has 6 nitrogen and oxygen atoms in total. The van der Waals surface area contributed by atoms with Gasteiger partial charge in [-0.15, -0.1) is 0 Å². The number of likely N-dealkylation sites (N-methyl/N-ethyl adjacent to an activating group) is 1. The number of ether oxygens (including phenoxy) is 1. The van der Waals surface area contributed by atoms with Crippen LogP contribution in [-0.4, -0.2) is 49.9 Å². The third kappa shape index (κ3) is 3.82. The standard InChI is InChI=1S/C15H19N3O3/c1-18(10-14(19)20)15-13-4-3-12(16-7-8-21-2)9-11(13)5-6-17-15/h3-6,9,16H,7-8,10H2,1-2H3,(H,19,20). The van der Waals surface area contributed by atoms with Gasteiger partial charge in [0.05, 0.1) is 6.61 Å². The van der Waals surface area contributed by atoms with Crippen molar-refractivity contribution in [1.82, 2.24) is 4.98 Å². The van der Waals surface area contributed by atoms with Gasteiger partial charge in [-0.25, -0.2) is 4.98 Å². The highest BCUT2D eigenvalue weighted by atomic mass is 16.5. The zero-order valence-corrected chi connectivity index (χ0v) is 12.2. The van der Waals surface area contributed by atoms with Crippen LogP contribution in [0.2, 0.25) is 0 Å². The number of aromatic nitrogens is 1. The Labute approximate surface area is 123 Å². The van der Waals surface area contributed by atoms with E-state index in [1.807, 2.05) is 24.3 Å². The molecule has 0 unspecified atom stereocenters. The topological polar surface area (TPSA) is 74.7 Å². The Morgan fingerprint density at radius 1 is 1.43 bits per heavy atom. The van der Waals surface area contributed by atoms with Crippen LogP contribution < -0.4 is 10.2 Å². The fraction of sp³-hybridized carbons (Fsp3) is 0.333. The Kier molecular flexibility index (Phi) is 4.94. The van der Waals surface area contributed by atoms with Gasteiger partial charge in [0.25, 0.3) is 0 Å². The first-order valence-corrected chi connectivity index (χ1v) is 6.66. The summed E-state index contributed by atoms with van der Waals surface area (Å²) in [4.78, 5) is 16.7. The van der Waals surface area contributed by atoms with Crippen LogP contribution in [0.4, 0.5) is 11.5 Å². The molecule has 1 heterocycles. The van der Waals surface area contributed by atoms with E-state index in [1.54, 1.807) is 25.3 Å². The van der Waals surface area contributed by atoms with Crippen molar-refractivity contribution in [2.24, 2.45) is 0 Å². The van der Waals surface area contributed by atoms with Gasteiger partial charge in [-0.1, -0.05) is 0 Å². The molecular weight excluding hydrogens is 270 g/mol. The fourth-order valence-electron chi connectivity index (χ4n) is 2.15. The van der Waals surface area contributed by atoms with Gasteiger partial charge in [0.2, 0.25) is 0 Å². The maximum absolute atomic E-state index is 10.8. The molecule has 0 spiro atoms. The molecule has 6 heteroatoms. The monoisotopic (exact) mass is 289 g/mol. The SMILES string of the molecule is COCCNc1ccc2c(N(C)CC(=O)O)nccc2c1. The molecule has 0 aliphatic rings. The van der Waals surface area contributed by atoms with Gasteiger partial charge in [0, 0.05) is 38.0 Å². The summed E-state index contributed by atoms with van der Waals surface area (Å²) in [6.07, 6.45) is 1.69. The van der Waals surface area contributed by atoms with Crippen LogP contribution >= 0.6 is 0 Å². The Bertz CT molecular complexity index is 631. The van der Waals surface area contributed by atoms with Crippen molar-refractivity contribution < 1.29 is 14.6 Å². The van der Waals surface area contributed by atoms with E-state index in [9.17, 15) is 4.79 Å². The Hall–Kier alpha value is -2.34. The van der Waals surface area contributed by atoms with Gasteiger partial charge < -0.3 is 20.1 Å². The minimum Gasteiger partial charge on any atom is -0.480 e. The fourth-order valence-corrected chi connectivity index (χ4v) is 2.15. The molecule has 0 radical (unpaired) electrons. The molecule has 0 atom stereocenters. The smallest absolute Gasteiger partial charge is 0.323 e. The Morgan fingerprint density at radius 2 is 2.24 bits per heavy atom. The molecule has 21 heavy (non-hydrogen) atoms. The van der Waals surface area contributed by atoms with Gasteiger partial charge in [-0.2, -0.15) is 0 Å². The summed E-state index contributed by atoms with van der Waals surface area (Å²) in [5, 5.41) is 14.1. The number of carboxylic acid groups (broad SMARTS) is 1. The molecule has 0 saturated heterocycles. The third-order valence-corrected chi connectivity index (χ3v) is 3.11. The summed E-state index contributed by atoms with van der Waals surface area (Å²) < 4.78 is 5.00. The lowest BCUT2D eigenvalue weighted by Gasteiger charge is -2.18. The maximum Gasteiger partial charge on any atom is 0.323 e. The summed E-state index contributed by atoms with van der Waals surface area (Å²) in [5.41, 5.74) is 0.998. The largest absolute Gasteiger partial charge is 0.480 e. The number of nitrogens with one attached hydrogen (secondary N) is 1. The van der Waals surface area contributed by atoms with Crippen molar-refractivity contribution in [3.8, 4) is 0 Å². The molecule has 2 aromatic rings. The number of anilines is 2. The molecule has 1 aromatic carbocycles. The highest BCUT2D eigenvalue weighted by Crippen LogP contribution is 2.26. The van der Waals surface area contributed by atoms with Gasteiger partial charge in [0.15, 0.2) is 0 Å².